The van der Waals surface area contributed by atoms with Crippen LogP contribution in [0.15, 0.2) is 16.7 Å². The Kier molecular flexibility index (Phi) is 2.55. The summed E-state index contributed by atoms with van der Waals surface area (Å²) in [6, 6.07) is 1.89. The molecular formula is C9H15NO2. The van der Waals surface area contributed by atoms with Crippen molar-refractivity contribution in [2.24, 2.45) is 5.73 Å². The van der Waals surface area contributed by atoms with Gasteiger partial charge >= 0.3 is 0 Å². The second kappa shape index (κ2) is 3.29. The summed E-state index contributed by atoms with van der Waals surface area (Å²) in [5.74, 6) is 0.875. The molecule has 0 fully saturated rings. The second-order valence-electron chi connectivity index (χ2n) is 3.49. The molecule has 1 unspecified atom stereocenters. The minimum Gasteiger partial charge on any atom is -0.469 e. The average molecular weight is 169 g/mol. The first-order chi connectivity index (χ1) is 5.55. The minimum absolute atomic E-state index is 0.0162. The Labute approximate surface area is 72.2 Å². The first-order valence-corrected chi connectivity index (χ1v) is 3.98. The fourth-order valence-electron chi connectivity index (χ4n) is 1.09. The molecule has 3 heteroatoms. The monoisotopic (exact) mass is 169 g/mol. The molecule has 0 saturated heterocycles. The van der Waals surface area contributed by atoms with Gasteiger partial charge in [-0.2, -0.15) is 0 Å². The van der Waals surface area contributed by atoms with Crippen molar-refractivity contribution in [3.63, 3.8) is 0 Å². The molecule has 0 aromatic carbocycles. The number of aliphatic hydroxyl groups excluding tert-OH is 1. The molecule has 68 valence electrons. The van der Waals surface area contributed by atoms with Crippen LogP contribution in [0.4, 0.5) is 0 Å². The van der Waals surface area contributed by atoms with Crippen LogP contribution in [-0.4, -0.2) is 17.3 Å². The zero-order valence-electron chi connectivity index (χ0n) is 7.50. The summed E-state index contributed by atoms with van der Waals surface area (Å²) in [6.45, 7) is 3.69. The molecule has 1 aromatic rings. The summed E-state index contributed by atoms with van der Waals surface area (Å²) in [6.07, 6.45) is 2.28. The summed E-state index contributed by atoms with van der Waals surface area (Å²) in [7, 11) is 0. The molecule has 0 amide bonds. The van der Waals surface area contributed by atoms with Crippen LogP contribution in [0.2, 0.25) is 0 Å². The van der Waals surface area contributed by atoms with Crippen molar-refractivity contribution in [3.05, 3.63) is 23.7 Å². The van der Waals surface area contributed by atoms with Gasteiger partial charge in [-0.15, -0.1) is 0 Å². The van der Waals surface area contributed by atoms with Crippen LogP contribution in [-0.2, 0) is 6.42 Å². The Morgan fingerprint density at radius 3 is 2.75 bits per heavy atom. The van der Waals surface area contributed by atoms with Gasteiger partial charge in [0.2, 0.25) is 0 Å². The lowest BCUT2D eigenvalue weighted by atomic mass is 9.95. The van der Waals surface area contributed by atoms with Crippen LogP contribution < -0.4 is 5.73 Å². The van der Waals surface area contributed by atoms with E-state index in [0.29, 0.717) is 6.42 Å². The highest BCUT2D eigenvalue weighted by Crippen LogP contribution is 2.15. The van der Waals surface area contributed by atoms with E-state index in [9.17, 15) is 0 Å². The smallest absolute Gasteiger partial charge is 0.103 e. The van der Waals surface area contributed by atoms with Gasteiger partial charge in [0.15, 0.2) is 0 Å². The fraction of sp³-hybridized carbons (Fsp3) is 0.556. The molecule has 0 aliphatic carbocycles. The molecule has 1 aromatic heterocycles. The highest BCUT2D eigenvalue weighted by Gasteiger charge is 2.19. The summed E-state index contributed by atoms with van der Waals surface area (Å²) >= 11 is 0. The van der Waals surface area contributed by atoms with Crippen molar-refractivity contribution in [2.75, 3.05) is 6.61 Å². The predicted octanol–water partition coefficient (Wildman–Crippen LogP) is 0.840. The highest BCUT2D eigenvalue weighted by molar-refractivity contribution is 5.18. The molecule has 1 atom stereocenters. The van der Waals surface area contributed by atoms with Gasteiger partial charge in [0.05, 0.1) is 12.9 Å². The number of rotatable bonds is 3. The molecule has 0 radical (unpaired) electrons. The Hall–Kier alpha value is -0.800. The van der Waals surface area contributed by atoms with E-state index in [1.54, 1.807) is 6.26 Å². The number of furan rings is 1. The highest BCUT2D eigenvalue weighted by atomic mass is 16.3. The lowest BCUT2D eigenvalue weighted by molar-refractivity contribution is 0.207. The first-order valence-electron chi connectivity index (χ1n) is 3.98. The topological polar surface area (TPSA) is 59.4 Å². The molecule has 0 bridgehead atoms. The minimum atomic E-state index is -0.547. The lowest BCUT2D eigenvalue weighted by Crippen LogP contribution is -2.42. The second-order valence-corrected chi connectivity index (χ2v) is 3.49. The zero-order chi connectivity index (χ0) is 9.19. The third-order valence-electron chi connectivity index (χ3n) is 1.92. The molecule has 12 heavy (non-hydrogen) atoms. The van der Waals surface area contributed by atoms with E-state index in [-0.39, 0.29) is 6.61 Å². The van der Waals surface area contributed by atoms with Crippen LogP contribution in [0.25, 0.3) is 0 Å². The van der Waals surface area contributed by atoms with Crippen LogP contribution in [0, 0.1) is 6.92 Å². The molecule has 1 heterocycles. The predicted molar refractivity (Wildman–Crippen MR) is 46.8 cm³/mol. The Morgan fingerprint density at radius 2 is 2.33 bits per heavy atom. The number of aryl methyl sites for hydroxylation is 1. The summed E-state index contributed by atoms with van der Waals surface area (Å²) in [4.78, 5) is 0. The first kappa shape index (κ1) is 9.29. The Balaban J connectivity index is 2.70. The van der Waals surface area contributed by atoms with E-state index in [1.165, 1.54) is 0 Å². The van der Waals surface area contributed by atoms with Crippen molar-refractivity contribution < 1.29 is 9.52 Å². The zero-order valence-corrected chi connectivity index (χ0v) is 7.50. The van der Waals surface area contributed by atoms with E-state index in [4.69, 9.17) is 15.3 Å². The summed E-state index contributed by atoms with van der Waals surface area (Å²) in [5, 5.41) is 8.93. The third kappa shape index (κ3) is 2.09. The largest absolute Gasteiger partial charge is 0.469 e. The van der Waals surface area contributed by atoms with Crippen LogP contribution in [0.3, 0.4) is 0 Å². The normalized spacial score (nSPS) is 16.0. The van der Waals surface area contributed by atoms with Gasteiger partial charge in [0.1, 0.15) is 5.76 Å². The molecule has 0 aliphatic rings. The number of aliphatic hydroxyl groups is 1. The number of hydrogen-bond acceptors (Lipinski definition) is 3. The van der Waals surface area contributed by atoms with Gasteiger partial charge < -0.3 is 15.3 Å². The molecule has 1 rings (SSSR count). The third-order valence-corrected chi connectivity index (χ3v) is 1.92. The molecule has 0 aliphatic heterocycles. The number of nitrogens with two attached hydrogens (primary N) is 1. The maximum atomic E-state index is 8.93. The van der Waals surface area contributed by atoms with Crippen molar-refractivity contribution in [1.29, 1.82) is 0 Å². The maximum Gasteiger partial charge on any atom is 0.103 e. The molecule has 0 spiro atoms. The van der Waals surface area contributed by atoms with E-state index in [1.807, 2.05) is 19.9 Å². The van der Waals surface area contributed by atoms with E-state index >= 15 is 0 Å². The van der Waals surface area contributed by atoms with Gasteiger partial charge in [-0.3, -0.25) is 0 Å². The fourth-order valence-corrected chi connectivity index (χ4v) is 1.09. The maximum absolute atomic E-state index is 8.93. The Bertz CT molecular complexity index is 253. The van der Waals surface area contributed by atoms with Gasteiger partial charge in [-0.05, 0) is 31.9 Å². The van der Waals surface area contributed by atoms with Gasteiger partial charge in [-0.25, -0.2) is 0 Å². The van der Waals surface area contributed by atoms with Crippen LogP contribution in [0.5, 0.6) is 0 Å². The van der Waals surface area contributed by atoms with E-state index in [0.717, 1.165) is 11.3 Å². The van der Waals surface area contributed by atoms with Crippen LogP contribution >= 0.6 is 0 Å². The molecule has 0 saturated carbocycles. The van der Waals surface area contributed by atoms with Crippen molar-refractivity contribution in [1.82, 2.24) is 0 Å². The summed E-state index contributed by atoms with van der Waals surface area (Å²) < 4.78 is 5.12. The average Bonchev–Trinajstić information content (AvgIpc) is 2.36. The summed E-state index contributed by atoms with van der Waals surface area (Å²) in [5.41, 5.74) is 6.30. The van der Waals surface area contributed by atoms with Crippen molar-refractivity contribution in [3.8, 4) is 0 Å². The Morgan fingerprint density at radius 1 is 1.67 bits per heavy atom. The quantitative estimate of drug-likeness (QED) is 0.705. The van der Waals surface area contributed by atoms with E-state index < -0.39 is 5.54 Å². The van der Waals surface area contributed by atoms with Crippen LogP contribution in [0.1, 0.15) is 18.2 Å². The molecule has 3 nitrogen and oxygen atoms in total. The van der Waals surface area contributed by atoms with Crippen molar-refractivity contribution >= 4 is 0 Å². The van der Waals surface area contributed by atoms with E-state index in [2.05, 4.69) is 0 Å². The molecule has 3 N–H and O–H groups in total. The lowest BCUT2D eigenvalue weighted by Gasteiger charge is -2.20. The van der Waals surface area contributed by atoms with Gasteiger partial charge in [0.25, 0.3) is 0 Å². The standard InChI is InChI=1S/C9H15NO2/c1-7-8(3-4-12-7)5-9(2,10)6-11/h3-4,11H,5-6,10H2,1-2H3. The van der Waals surface area contributed by atoms with Gasteiger partial charge in [0, 0.05) is 5.54 Å². The van der Waals surface area contributed by atoms with Gasteiger partial charge in [-0.1, -0.05) is 0 Å². The van der Waals surface area contributed by atoms with Crippen molar-refractivity contribution in [2.45, 2.75) is 25.8 Å². The molecular weight excluding hydrogens is 154 g/mol. The number of hydrogen-bond donors (Lipinski definition) is 2. The SMILES string of the molecule is Cc1occc1CC(C)(N)CO.